The van der Waals surface area contributed by atoms with Crippen molar-refractivity contribution in [1.82, 2.24) is 5.43 Å². The number of hydrogen-bond donors (Lipinski definition) is 1. The highest BCUT2D eigenvalue weighted by Gasteiger charge is 2.19. The number of hydrogen-bond acceptors (Lipinski definition) is 5. The lowest BCUT2D eigenvalue weighted by Crippen LogP contribution is -2.30. The Morgan fingerprint density at radius 1 is 1.23 bits per heavy atom. The molecule has 0 spiro atoms. The molecule has 1 heterocycles. The maximum Gasteiger partial charge on any atom is 0.250 e. The molecule has 0 atom stereocenters. The fourth-order valence-electron chi connectivity index (χ4n) is 2.16. The average molecular weight is 407 g/mol. The highest BCUT2D eigenvalue weighted by molar-refractivity contribution is 8.00. The highest BCUT2D eigenvalue weighted by Crippen LogP contribution is 2.23. The first-order chi connectivity index (χ1) is 12.7. The van der Waals surface area contributed by atoms with E-state index in [1.165, 1.54) is 11.8 Å². The number of ether oxygens (including phenoxy) is 1. The maximum absolute atomic E-state index is 11.8. The molecule has 7 heteroatoms. The normalized spacial score (nSPS) is 14.2. The van der Waals surface area contributed by atoms with Gasteiger partial charge in [-0.2, -0.15) is 16.9 Å². The SMILES string of the molecule is O=C(CSCc1ccc(Cl)cc1)NN=Cc1ccc(OC2CSC2)cc1. The summed E-state index contributed by atoms with van der Waals surface area (Å²) in [5.41, 5.74) is 4.60. The molecule has 0 unspecified atom stereocenters. The molecule has 0 aliphatic carbocycles. The Balaban J connectivity index is 1.35. The molecule has 2 aromatic rings. The molecule has 1 aliphatic rings. The molecule has 26 heavy (non-hydrogen) atoms. The van der Waals surface area contributed by atoms with E-state index < -0.39 is 0 Å². The van der Waals surface area contributed by atoms with Crippen LogP contribution < -0.4 is 10.2 Å². The van der Waals surface area contributed by atoms with Crippen LogP contribution in [0, 0.1) is 0 Å². The zero-order valence-electron chi connectivity index (χ0n) is 14.1. The van der Waals surface area contributed by atoms with Crippen LogP contribution in [0.15, 0.2) is 53.6 Å². The number of nitrogens with zero attached hydrogens (tertiary/aromatic N) is 1. The summed E-state index contributed by atoms with van der Waals surface area (Å²) in [6.07, 6.45) is 1.97. The first kappa shape index (κ1) is 19.1. The van der Waals surface area contributed by atoms with E-state index in [1.54, 1.807) is 6.21 Å². The molecule has 3 rings (SSSR count). The summed E-state index contributed by atoms with van der Waals surface area (Å²) in [5, 5.41) is 4.71. The third kappa shape index (κ3) is 6.27. The van der Waals surface area contributed by atoms with Gasteiger partial charge in [0, 0.05) is 22.3 Å². The van der Waals surface area contributed by atoms with Gasteiger partial charge in [0.15, 0.2) is 0 Å². The second-order valence-electron chi connectivity index (χ2n) is 5.76. The quantitative estimate of drug-likeness (QED) is 0.526. The Hall–Kier alpha value is -1.63. The summed E-state index contributed by atoms with van der Waals surface area (Å²) in [4.78, 5) is 11.8. The smallest absolute Gasteiger partial charge is 0.250 e. The van der Waals surface area contributed by atoms with Gasteiger partial charge in [-0.15, -0.1) is 11.8 Å². The number of thioether (sulfide) groups is 2. The lowest BCUT2D eigenvalue weighted by molar-refractivity contribution is -0.118. The molecule has 0 aromatic heterocycles. The van der Waals surface area contributed by atoms with Crippen molar-refractivity contribution in [1.29, 1.82) is 0 Å². The summed E-state index contributed by atoms with van der Waals surface area (Å²) in [6.45, 7) is 0. The van der Waals surface area contributed by atoms with Crippen molar-refractivity contribution in [2.45, 2.75) is 11.9 Å². The molecule has 2 aromatic carbocycles. The molecule has 1 N–H and O–H groups in total. The van der Waals surface area contributed by atoms with E-state index in [0.717, 1.165) is 34.1 Å². The topological polar surface area (TPSA) is 50.7 Å². The molecule has 4 nitrogen and oxygen atoms in total. The minimum atomic E-state index is -0.123. The van der Waals surface area contributed by atoms with E-state index in [2.05, 4.69) is 10.5 Å². The monoisotopic (exact) mass is 406 g/mol. The fourth-order valence-corrected chi connectivity index (χ4v) is 3.63. The summed E-state index contributed by atoms with van der Waals surface area (Å²) >= 11 is 9.28. The van der Waals surface area contributed by atoms with Crippen LogP contribution in [0.2, 0.25) is 5.02 Å². The van der Waals surface area contributed by atoms with E-state index >= 15 is 0 Å². The van der Waals surface area contributed by atoms with Gasteiger partial charge < -0.3 is 4.74 Å². The summed E-state index contributed by atoms with van der Waals surface area (Å²) in [5.74, 6) is 3.98. The number of carbonyl (C=O) groups is 1. The molecule has 136 valence electrons. The third-order valence-electron chi connectivity index (χ3n) is 3.61. The van der Waals surface area contributed by atoms with E-state index in [4.69, 9.17) is 16.3 Å². The Morgan fingerprint density at radius 3 is 2.62 bits per heavy atom. The van der Waals surface area contributed by atoms with Crippen molar-refractivity contribution in [3.8, 4) is 5.75 Å². The van der Waals surface area contributed by atoms with Gasteiger partial charge in [-0.1, -0.05) is 23.7 Å². The third-order valence-corrected chi connectivity index (χ3v) is 6.08. The van der Waals surface area contributed by atoms with Gasteiger partial charge in [-0.3, -0.25) is 4.79 Å². The number of carbonyl (C=O) groups excluding carboxylic acids is 1. The van der Waals surface area contributed by atoms with E-state index in [-0.39, 0.29) is 5.91 Å². The molecule has 1 aliphatic heterocycles. The van der Waals surface area contributed by atoms with Crippen LogP contribution in [0.1, 0.15) is 11.1 Å². The lowest BCUT2D eigenvalue weighted by Gasteiger charge is -2.25. The first-order valence-electron chi connectivity index (χ1n) is 8.17. The molecular formula is C19H19ClN2O2S2. The van der Waals surface area contributed by atoms with Gasteiger partial charge in [-0.05, 0) is 47.5 Å². The minimum Gasteiger partial charge on any atom is -0.489 e. The standard InChI is InChI=1S/C19H19ClN2O2S2/c20-16-5-1-15(2-6-16)10-25-13-19(23)22-21-9-14-3-7-17(8-4-14)24-18-11-26-12-18/h1-9,18H,10-13H2,(H,22,23). The zero-order chi connectivity index (χ0) is 18.2. The summed E-state index contributed by atoms with van der Waals surface area (Å²) < 4.78 is 5.79. The number of amides is 1. The molecule has 1 fully saturated rings. The maximum atomic E-state index is 11.8. The Kier molecular flexibility index (Phi) is 7.29. The van der Waals surface area contributed by atoms with E-state index in [9.17, 15) is 4.79 Å². The largest absolute Gasteiger partial charge is 0.489 e. The predicted octanol–water partition coefficient (Wildman–Crippen LogP) is 4.22. The van der Waals surface area contributed by atoms with Crippen LogP contribution in [-0.2, 0) is 10.5 Å². The predicted molar refractivity (Wildman–Crippen MR) is 112 cm³/mol. The Bertz CT molecular complexity index is 747. The van der Waals surface area contributed by atoms with Gasteiger partial charge >= 0.3 is 0 Å². The van der Waals surface area contributed by atoms with Gasteiger partial charge in [-0.25, -0.2) is 5.43 Å². The van der Waals surface area contributed by atoms with Crippen LogP contribution in [0.25, 0.3) is 0 Å². The van der Waals surface area contributed by atoms with Crippen LogP contribution in [0.4, 0.5) is 0 Å². The van der Waals surface area contributed by atoms with Crippen molar-refractivity contribution in [2.24, 2.45) is 5.10 Å². The van der Waals surface area contributed by atoms with Crippen LogP contribution in [-0.4, -0.2) is 35.5 Å². The van der Waals surface area contributed by atoms with Crippen molar-refractivity contribution in [2.75, 3.05) is 17.3 Å². The number of rotatable bonds is 8. The number of hydrazone groups is 1. The van der Waals surface area contributed by atoms with E-state index in [0.29, 0.717) is 16.9 Å². The van der Waals surface area contributed by atoms with Crippen LogP contribution >= 0.6 is 35.1 Å². The highest BCUT2D eigenvalue weighted by atomic mass is 35.5. The minimum absolute atomic E-state index is 0.123. The zero-order valence-corrected chi connectivity index (χ0v) is 16.4. The van der Waals surface area contributed by atoms with Gasteiger partial charge in [0.25, 0.3) is 0 Å². The van der Waals surface area contributed by atoms with Crippen molar-refractivity contribution < 1.29 is 9.53 Å². The van der Waals surface area contributed by atoms with Crippen molar-refractivity contribution in [3.05, 3.63) is 64.7 Å². The lowest BCUT2D eigenvalue weighted by atomic mass is 10.2. The number of nitrogens with one attached hydrogen (secondary N) is 1. The van der Waals surface area contributed by atoms with E-state index in [1.807, 2.05) is 60.3 Å². The molecular weight excluding hydrogens is 388 g/mol. The van der Waals surface area contributed by atoms with Gasteiger partial charge in [0.05, 0.1) is 12.0 Å². The van der Waals surface area contributed by atoms with Crippen molar-refractivity contribution in [3.63, 3.8) is 0 Å². The van der Waals surface area contributed by atoms with Gasteiger partial charge in [0.1, 0.15) is 11.9 Å². The summed E-state index contributed by atoms with van der Waals surface area (Å²) in [7, 11) is 0. The molecule has 1 amide bonds. The molecule has 0 saturated carbocycles. The fraction of sp³-hybridized carbons (Fsp3) is 0.263. The number of benzene rings is 2. The second-order valence-corrected chi connectivity index (χ2v) is 8.26. The van der Waals surface area contributed by atoms with Crippen LogP contribution in [0.3, 0.4) is 0 Å². The number of halogens is 1. The summed E-state index contributed by atoms with van der Waals surface area (Å²) in [6, 6.07) is 15.3. The van der Waals surface area contributed by atoms with Crippen LogP contribution in [0.5, 0.6) is 5.75 Å². The molecule has 0 radical (unpaired) electrons. The van der Waals surface area contributed by atoms with Crippen molar-refractivity contribution >= 4 is 47.2 Å². The Morgan fingerprint density at radius 2 is 1.96 bits per heavy atom. The van der Waals surface area contributed by atoms with Gasteiger partial charge in [0.2, 0.25) is 5.91 Å². The molecule has 1 saturated heterocycles. The second kappa shape index (κ2) is 9.90. The first-order valence-corrected chi connectivity index (χ1v) is 10.9. The average Bonchev–Trinajstić information content (AvgIpc) is 2.61. The Labute approximate surface area is 166 Å². The molecule has 0 bridgehead atoms.